The van der Waals surface area contributed by atoms with Crippen LogP contribution in [-0.4, -0.2) is 45.1 Å². The Balaban J connectivity index is 2.38. The van der Waals surface area contributed by atoms with Crippen LogP contribution in [-0.2, 0) is 19.6 Å². The maximum Gasteiger partial charge on any atom is 0.310 e. The van der Waals surface area contributed by atoms with Gasteiger partial charge in [-0.3, -0.25) is 4.79 Å². The monoisotopic (exact) mass is 308 g/mol. The molecule has 7 heteroatoms. The van der Waals surface area contributed by atoms with Gasteiger partial charge in [0, 0.05) is 19.0 Å². The van der Waals surface area contributed by atoms with Crippen LogP contribution in [0.15, 0.2) is 24.3 Å². The van der Waals surface area contributed by atoms with Crippen LogP contribution >= 0.6 is 0 Å². The van der Waals surface area contributed by atoms with E-state index in [4.69, 9.17) is 10.00 Å². The summed E-state index contributed by atoms with van der Waals surface area (Å²) in [6.45, 7) is 0.320. The van der Waals surface area contributed by atoms with Crippen molar-refractivity contribution in [3.05, 3.63) is 35.4 Å². The summed E-state index contributed by atoms with van der Waals surface area (Å²) in [5.41, 5.74) is 1.25. The summed E-state index contributed by atoms with van der Waals surface area (Å²) >= 11 is 0. The van der Waals surface area contributed by atoms with E-state index in [0.717, 1.165) is 11.8 Å². The average Bonchev–Trinajstić information content (AvgIpc) is 2.91. The summed E-state index contributed by atoms with van der Waals surface area (Å²) in [6, 6.07) is 8.92. The van der Waals surface area contributed by atoms with Crippen molar-refractivity contribution in [3.8, 4) is 6.07 Å². The van der Waals surface area contributed by atoms with Gasteiger partial charge in [0.25, 0.3) is 0 Å². The van der Waals surface area contributed by atoms with Gasteiger partial charge in [-0.1, -0.05) is 12.1 Å². The molecule has 2 atom stereocenters. The van der Waals surface area contributed by atoms with Gasteiger partial charge in [-0.15, -0.1) is 0 Å². The first-order valence-corrected chi connectivity index (χ1v) is 8.24. The molecule has 1 saturated heterocycles. The third-order valence-electron chi connectivity index (χ3n) is 3.70. The zero-order valence-corrected chi connectivity index (χ0v) is 12.6. The van der Waals surface area contributed by atoms with Crippen LogP contribution in [0.3, 0.4) is 0 Å². The summed E-state index contributed by atoms with van der Waals surface area (Å²) in [7, 11) is -2.09. The van der Waals surface area contributed by atoms with Crippen molar-refractivity contribution in [3.63, 3.8) is 0 Å². The molecule has 0 amide bonds. The molecule has 1 aliphatic rings. The number of hydrogen-bond donors (Lipinski definition) is 0. The lowest BCUT2D eigenvalue weighted by atomic mass is 9.88. The van der Waals surface area contributed by atoms with Crippen molar-refractivity contribution in [1.29, 1.82) is 5.26 Å². The second-order valence-corrected chi connectivity index (χ2v) is 7.04. The average molecular weight is 308 g/mol. The Kier molecular flexibility index (Phi) is 4.30. The van der Waals surface area contributed by atoms with Crippen LogP contribution in [0.2, 0.25) is 0 Å². The molecule has 1 fully saturated rings. The molecule has 0 saturated carbocycles. The predicted octanol–water partition coefficient (Wildman–Crippen LogP) is 0.706. The predicted molar refractivity (Wildman–Crippen MR) is 75.8 cm³/mol. The molecule has 0 aliphatic carbocycles. The lowest BCUT2D eigenvalue weighted by Crippen LogP contribution is -2.29. The smallest absolute Gasteiger partial charge is 0.310 e. The summed E-state index contributed by atoms with van der Waals surface area (Å²) in [6.07, 6.45) is 1.12. The molecular weight excluding hydrogens is 292 g/mol. The summed E-state index contributed by atoms with van der Waals surface area (Å²) in [5.74, 6) is -1.30. The first-order chi connectivity index (χ1) is 9.86. The van der Waals surface area contributed by atoms with E-state index in [1.807, 2.05) is 6.07 Å². The zero-order valence-electron chi connectivity index (χ0n) is 11.8. The quantitative estimate of drug-likeness (QED) is 0.767. The second kappa shape index (κ2) is 5.84. The maximum atomic E-state index is 11.9. The highest BCUT2D eigenvalue weighted by Crippen LogP contribution is 2.34. The van der Waals surface area contributed by atoms with Crippen molar-refractivity contribution >= 4 is 16.0 Å². The van der Waals surface area contributed by atoms with Crippen molar-refractivity contribution in [2.75, 3.05) is 26.5 Å². The van der Waals surface area contributed by atoms with Gasteiger partial charge in [0.15, 0.2) is 0 Å². The van der Waals surface area contributed by atoms with Crippen LogP contribution in [0.5, 0.6) is 0 Å². The van der Waals surface area contributed by atoms with E-state index in [-0.39, 0.29) is 19.0 Å². The molecule has 1 aromatic rings. The number of carbonyl (C=O) groups excluding carboxylic acids is 1. The summed E-state index contributed by atoms with van der Waals surface area (Å²) < 4.78 is 29.5. The number of esters is 1. The molecule has 21 heavy (non-hydrogen) atoms. The molecule has 2 unspecified atom stereocenters. The standard InChI is InChI=1S/C14H16N2O4S/c1-20-14(17)13-9-16(21(2,18)19)8-12(13)11-5-3-4-10(6-11)7-15/h3-6,12-13H,8-9H2,1-2H3. The molecule has 0 N–H and O–H groups in total. The number of nitrogens with zero attached hydrogens (tertiary/aromatic N) is 2. The van der Waals surface area contributed by atoms with E-state index in [9.17, 15) is 13.2 Å². The Labute approximate surface area is 124 Å². The molecule has 0 radical (unpaired) electrons. The molecule has 1 aliphatic heterocycles. The van der Waals surface area contributed by atoms with Gasteiger partial charge < -0.3 is 4.74 Å². The van der Waals surface area contributed by atoms with E-state index in [2.05, 4.69) is 0 Å². The fourth-order valence-corrected chi connectivity index (χ4v) is 3.47. The zero-order chi connectivity index (χ0) is 15.6. The van der Waals surface area contributed by atoms with Crippen molar-refractivity contribution in [2.24, 2.45) is 5.92 Å². The van der Waals surface area contributed by atoms with Gasteiger partial charge in [-0.2, -0.15) is 5.26 Å². The number of hydrogen-bond acceptors (Lipinski definition) is 5. The van der Waals surface area contributed by atoms with E-state index in [1.165, 1.54) is 11.4 Å². The highest BCUT2D eigenvalue weighted by molar-refractivity contribution is 7.88. The lowest BCUT2D eigenvalue weighted by Gasteiger charge is -2.16. The summed E-state index contributed by atoms with van der Waals surface area (Å²) in [5, 5.41) is 8.96. The Hall–Kier alpha value is -1.91. The van der Waals surface area contributed by atoms with Gasteiger partial charge in [-0.25, -0.2) is 12.7 Å². The van der Waals surface area contributed by atoms with Crippen molar-refractivity contribution < 1.29 is 17.9 Å². The van der Waals surface area contributed by atoms with Gasteiger partial charge in [0.2, 0.25) is 10.0 Å². The van der Waals surface area contributed by atoms with Crippen LogP contribution in [0.4, 0.5) is 0 Å². The topological polar surface area (TPSA) is 87.5 Å². The lowest BCUT2D eigenvalue weighted by molar-refractivity contribution is -0.145. The van der Waals surface area contributed by atoms with E-state index >= 15 is 0 Å². The van der Waals surface area contributed by atoms with Crippen molar-refractivity contribution in [2.45, 2.75) is 5.92 Å². The first-order valence-electron chi connectivity index (χ1n) is 6.40. The minimum Gasteiger partial charge on any atom is -0.469 e. The van der Waals surface area contributed by atoms with Gasteiger partial charge >= 0.3 is 5.97 Å². The molecule has 1 aromatic carbocycles. The van der Waals surface area contributed by atoms with Gasteiger partial charge in [0.05, 0.1) is 30.9 Å². The fourth-order valence-electron chi connectivity index (χ4n) is 2.61. The fraction of sp³-hybridized carbons (Fsp3) is 0.429. The van der Waals surface area contributed by atoms with Gasteiger partial charge in [-0.05, 0) is 17.7 Å². The van der Waals surface area contributed by atoms with Crippen molar-refractivity contribution in [1.82, 2.24) is 4.31 Å². The number of methoxy groups -OCH3 is 1. The number of nitriles is 1. The summed E-state index contributed by atoms with van der Waals surface area (Å²) in [4.78, 5) is 11.9. The number of carbonyl (C=O) groups is 1. The Morgan fingerprint density at radius 3 is 2.71 bits per heavy atom. The highest BCUT2D eigenvalue weighted by atomic mass is 32.2. The molecule has 2 rings (SSSR count). The first kappa shape index (κ1) is 15.5. The Bertz CT molecular complexity index is 693. The Morgan fingerprint density at radius 2 is 2.14 bits per heavy atom. The number of ether oxygens (including phenoxy) is 1. The van der Waals surface area contributed by atoms with Crippen LogP contribution in [0, 0.1) is 17.2 Å². The Morgan fingerprint density at radius 1 is 1.43 bits per heavy atom. The van der Waals surface area contributed by atoms with E-state index < -0.39 is 21.9 Å². The molecule has 1 heterocycles. The SMILES string of the molecule is COC(=O)C1CN(S(C)(=O)=O)CC1c1cccc(C#N)c1. The second-order valence-electron chi connectivity index (χ2n) is 5.05. The largest absolute Gasteiger partial charge is 0.469 e. The maximum absolute atomic E-state index is 11.9. The normalized spacial score (nSPS) is 22.7. The molecule has 0 aromatic heterocycles. The molecule has 112 valence electrons. The third kappa shape index (κ3) is 3.23. The minimum absolute atomic E-state index is 0.104. The van der Waals surface area contributed by atoms with Crippen LogP contribution in [0.25, 0.3) is 0 Å². The number of sulfonamides is 1. The molecule has 0 spiro atoms. The molecule has 0 bridgehead atoms. The van der Waals surface area contributed by atoms with Gasteiger partial charge in [0.1, 0.15) is 0 Å². The highest BCUT2D eigenvalue weighted by Gasteiger charge is 2.42. The molecule has 6 nitrogen and oxygen atoms in total. The number of benzene rings is 1. The molecular formula is C14H16N2O4S. The van der Waals surface area contributed by atoms with Crippen LogP contribution in [0.1, 0.15) is 17.0 Å². The van der Waals surface area contributed by atoms with Crippen LogP contribution < -0.4 is 0 Å². The van der Waals surface area contributed by atoms with E-state index in [1.54, 1.807) is 24.3 Å². The minimum atomic E-state index is -3.37. The van der Waals surface area contributed by atoms with E-state index in [0.29, 0.717) is 5.56 Å². The number of rotatable bonds is 3. The third-order valence-corrected chi connectivity index (χ3v) is 4.94.